The molecule has 104 valence electrons. The molecule has 0 aliphatic heterocycles. The van der Waals surface area contributed by atoms with Crippen molar-refractivity contribution >= 4 is 39.3 Å². The summed E-state index contributed by atoms with van der Waals surface area (Å²) in [7, 11) is 0. The molecule has 0 saturated heterocycles. The maximum Gasteiger partial charge on any atom is 0.221 e. The molecule has 0 fully saturated rings. The van der Waals surface area contributed by atoms with Crippen LogP contribution < -0.4 is 5.32 Å². The van der Waals surface area contributed by atoms with Crippen LogP contribution in [0.15, 0.2) is 56.7 Å². The van der Waals surface area contributed by atoms with Crippen molar-refractivity contribution in [1.29, 1.82) is 0 Å². The molecule has 0 radical (unpaired) electrons. The molecule has 0 aromatic heterocycles. The molecule has 0 aliphatic rings. The van der Waals surface area contributed by atoms with Crippen molar-refractivity contribution in [1.82, 2.24) is 0 Å². The summed E-state index contributed by atoms with van der Waals surface area (Å²) < 4.78 is 0.958. The predicted molar refractivity (Wildman–Crippen MR) is 84.9 cm³/mol. The summed E-state index contributed by atoms with van der Waals surface area (Å²) in [5.74, 6) is -0.0762. The molecule has 3 nitrogen and oxygen atoms in total. The first-order valence-corrected chi connectivity index (χ1v) is 7.64. The average Bonchev–Trinajstić information content (AvgIpc) is 2.42. The summed E-state index contributed by atoms with van der Waals surface area (Å²) in [6.07, 6.45) is 0. The second kappa shape index (κ2) is 6.92. The minimum absolute atomic E-state index is 0.0367. The monoisotopic (exact) mass is 351 g/mol. The summed E-state index contributed by atoms with van der Waals surface area (Å²) in [4.78, 5) is 13.1. The van der Waals surface area contributed by atoms with Gasteiger partial charge in [-0.05, 0) is 57.9 Å². The Hall–Kier alpha value is -1.30. The smallest absolute Gasteiger partial charge is 0.221 e. The largest absolute Gasteiger partial charge is 0.392 e. The van der Waals surface area contributed by atoms with E-state index in [9.17, 15) is 4.79 Å². The molecule has 0 atom stereocenters. The Morgan fingerprint density at radius 2 is 1.95 bits per heavy atom. The van der Waals surface area contributed by atoms with Gasteiger partial charge in [0.05, 0.1) is 6.61 Å². The summed E-state index contributed by atoms with van der Waals surface area (Å²) in [6.45, 7) is 1.53. The highest BCUT2D eigenvalue weighted by atomic mass is 79.9. The van der Waals surface area contributed by atoms with Gasteiger partial charge in [0.15, 0.2) is 0 Å². The molecule has 5 heteroatoms. The van der Waals surface area contributed by atoms with Gasteiger partial charge < -0.3 is 10.4 Å². The number of rotatable bonds is 4. The Bertz CT molecular complexity index is 614. The highest BCUT2D eigenvalue weighted by molar-refractivity contribution is 9.10. The van der Waals surface area contributed by atoms with E-state index in [1.165, 1.54) is 6.92 Å². The Morgan fingerprint density at radius 1 is 1.25 bits per heavy atom. The first-order chi connectivity index (χ1) is 9.58. The summed E-state index contributed by atoms with van der Waals surface area (Å²) in [5.41, 5.74) is 1.67. The second-order valence-electron chi connectivity index (χ2n) is 4.23. The zero-order chi connectivity index (χ0) is 14.5. The van der Waals surface area contributed by atoms with Crippen molar-refractivity contribution < 1.29 is 9.90 Å². The van der Waals surface area contributed by atoms with Gasteiger partial charge in [0.1, 0.15) is 0 Å². The Morgan fingerprint density at radius 3 is 2.50 bits per heavy atom. The number of aliphatic hydroxyl groups excluding tert-OH is 1. The first-order valence-electron chi connectivity index (χ1n) is 6.03. The fraction of sp³-hybridized carbons (Fsp3) is 0.133. The normalized spacial score (nSPS) is 10.3. The first kappa shape index (κ1) is 15.1. The van der Waals surface area contributed by atoms with E-state index in [0.717, 1.165) is 25.5 Å². The van der Waals surface area contributed by atoms with Gasteiger partial charge in [0.25, 0.3) is 0 Å². The highest BCUT2D eigenvalue weighted by Crippen LogP contribution is 2.34. The van der Waals surface area contributed by atoms with Crippen molar-refractivity contribution in [3.63, 3.8) is 0 Å². The quantitative estimate of drug-likeness (QED) is 0.873. The Balaban J connectivity index is 2.12. The van der Waals surface area contributed by atoms with Crippen molar-refractivity contribution in [2.24, 2.45) is 0 Å². The molecular weight excluding hydrogens is 338 g/mol. The SMILES string of the molecule is CC(=O)Nc1ccc(Sc2ccc(CO)cc2Br)cc1. The molecule has 2 aromatic carbocycles. The molecule has 2 aromatic rings. The van der Waals surface area contributed by atoms with E-state index in [1.54, 1.807) is 11.8 Å². The minimum atomic E-state index is -0.0762. The van der Waals surface area contributed by atoms with Crippen molar-refractivity contribution in [2.75, 3.05) is 5.32 Å². The van der Waals surface area contributed by atoms with Crippen LogP contribution in [-0.2, 0) is 11.4 Å². The molecule has 0 bridgehead atoms. The lowest BCUT2D eigenvalue weighted by Gasteiger charge is -2.07. The fourth-order valence-corrected chi connectivity index (χ4v) is 3.15. The number of carbonyl (C=O) groups excluding carboxylic acids is 1. The summed E-state index contributed by atoms with van der Waals surface area (Å²) in [6, 6.07) is 13.5. The van der Waals surface area contributed by atoms with E-state index in [-0.39, 0.29) is 12.5 Å². The molecule has 0 saturated carbocycles. The van der Waals surface area contributed by atoms with Crippen LogP contribution in [0.4, 0.5) is 5.69 Å². The van der Waals surface area contributed by atoms with Crippen molar-refractivity contribution in [3.05, 3.63) is 52.5 Å². The highest BCUT2D eigenvalue weighted by Gasteiger charge is 2.04. The molecule has 1 amide bonds. The zero-order valence-corrected chi connectivity index (χ0v) is 13.3. The third-order valence-corrected chi connectivity index (χ3v) is 4.58. The lowest BCUT2D eigenvalue weighted by Crippen LogP contribution is -2.05. The van der Waals surface area contributed by atoms with Gasteiger partial charge in [-0.15, -0.1) is 0 Å². The van der Waals surface area contributed by atoms with Gasteiger partial charge in [-0.25, -0.2) is 0 Å². The van der Waals surface area contributed by atoms with Crippen LogP contribution in [0.5, 0.6) is 0 Å². The maximum atomic E-state index is 11.0. The molecule has 20 heavy (non-hydrogen) atoms. The molecule has 2 N–H and O–H groups in total. The molecule has 0 unspecified atom stereocenters. The second-order valence-corrected chi connectivity index (χ2v) is 6.20. The number of anilines is 1. The topological polar surface area (TPSA) is 49.3 Å². The predicted octanol–water partition coefficient (Wildman–Crippen LogP) is 4.05. The molecule has 0 heterocycles. The van der Waals surface area contributed by atoms with E-state index >= 15 is 0 Å². The number of nitrogens with one attached hydrogen (secondary N) is 1. The molecular formula is C15H14BrNO2S. The van der Waals surface area contributed by atoms with Gasteiger partial charge in [-0.3, -0.25) is 4.79 Å². The van der Waals surface area contributed by atoms with E-state index in [4.69, 9.17) is 5.11 Å². The van der Waals surface area contributed by atoms with Crippen LogP contribution in [0.2, 0.25) is 0 Å². The molecule has 0 spiro atoms. The summed E-state index contributed by atoms with van der Waals surface area (Å²) in [5, 5.41) is 11.8. The van der Waals surface area contributed by atoms with E-state index in [1.807, 2.05) is 42.5 Å². The van der Waals surface area contributed by atoms with Gasteiger partial charge >= 0.3 is 0 Å². The number of hydrogen-bond donors (Lipinski definition) is 2. The third-order valence-electron chi connectivity index (χ3n) is 2.58. The van der Waals surface area contributed by atoms with E-state index < -0.39 is 0 Å². The van der Waals surface area contributed by atoms with Crippen LogP contribution in [0.3, 0.4) is 0 Å². The summed E-state index contributed by atoms with van der Waals surface area (Å²) >= 11 is 5.12. The number of benzene rings is 2. The van der Waals surface area contributed by atoms with Crippen LogP contribution >= 0.6 is 27.7 Å². The van der Waals surface area contributed by atoms with E-state index in [0.29, 0.717) is 0 Å². The van der Waals surface area contributed by atoms with Crippen LogP contribution in [-0.4, -0.2) is 11.0 Å². The molecule has 2 rings (SSSR count). The van der Waals surface area contributed by atoms with Gasteiger partial charge in [-0.2, -0.15) is 0 Å². The van der Waals surface area contributed by atoms with Crippen LogP contribution in [0.1, 0.15) is 12.5 Å². The Labute approximate surface area is 130 Å². The van der Waals surface area contributed by atoms with Gasteiger partial charge in [-0.1, -0.05) is 17.8 Å². The fourth-order valence-electron chi connectivity index (χ4n) is 1.66. The average molecular weight is 352 g/mol. The van der Waals surface area contributed by atoms with Crippen LogP contribution in [0, 0.1) is 0 Å². The lowest BCUT2D eigenvalue weighted by atomic mass is 10.2. The standard InChI is InChI=1S/C15H14BrNO2S/c1-10(19)17-12-3-5-13(6-4-12)20-15-7-2-11(9-18)8-14(15)16/h2-8,18H,9H2,1H3,(H,17,19). The number of carbonyl (C=O) groups is 1. The number of amides is 1. The lowest BCUT2D eigenvalue weighted by molar-refractivity contribution is -0.114. The molecule has 0 aliphatic carbocycles. The van der Waals surface area contributed by atoms with E-state index in [2.05, 4.69) is 21.2 Å². The van der Waals surface area contributed by atoms with Gasteiger partial charge in [0.2, 0.25) is 5.91 Å². The maximum absolute atomic E-state index is 11.0. The van der Waals surface area contributed by atoms with Crippen molar-refractivity contribution in [3.8, 4) is 0 Å². The Kier molecular flexibility index (Phi) is 5.23. The number of aliphatic hydroxyl groups is 1. The number of halogens is 1. The van der Waals surface area contributed by atoms with Crippen LogP contribution in [0.25, 0.3) is 0 Å². The van der Waals surface area contributed by atoms with Crippen molar-refractivity contribution in [2.45, 2.75) is 23.3 Å². The zero-order valence-electron chi connectivity index (χ0n) is 10.9. The minimum Gasteiger partial charge on any atom is -0.392 e. The number of hydrogen-bond acceptors (Lipinski definition) is 3. The third kappa shape index (κ3) is 4.10. The van der Waals surface area contributed by atoms with Gasteiger partial charge in [0, 0.05) is 26.9 Å².